The van der Waals surface area contributed by atoms with E-state index in [0.717, 1.165) is 0 Å². The summed E-state index contributed by atoms with van der Waals surface area (Å²) in [5.41, 5.74) is -0.0710. The van der Waals surface area contributed by atoms with Gasteiger partial charge in [-0.3, -0.25) is 9.59 Å². The summed E-state index contributed by atoms with van der Waals surface area (Å²) in [7, 11) is 0. The molecule has 1 unspecified atom stereocenters. The standard InChI is InChI=1S/C11H13BrN2O3/c12-5-8-7-14(3-4-17-8)11(16)9-6-13-2-1-10(9)15/h1-2,6,8H,3-5,7H2,(H,13,15). The Labute approximate surface area is 107 Å². The number of nitrogens with zero attached hydrogens (tertiary/aromatic N) is 1. The molecular weight excluding hydrogens is 288 g/mol. The Hall–Kier alpha value is -1.14. The van der Waals surface area contributed by atoms with Gasteiger partial charge < -0.3 is 14.6 Å². The molecule has 1 saturated heterocycles. The lowest BCUT2D eigenvalue weighted by atomic mass is 10.2. The van der Waals surface area contributed by atoms with Crippen LogP contribution in [0.25, 0.3) is 0 Å². The predicted octanol–water partition coefficient (Wildman–Crippen LogP) is 0.611. The molecule has 1 aliphatic rings. The molecule has 0 aliphatic carbocycles. The first kappa shape index (κ1) is 12.3. The summed E-state index contributed by atoms with van der Waals surface area (Å²) in [6, 6.07) is 1.36. The van der Waals surface area contributed by atoms with Gasteiger partial charge in [0.15, 0.2) is 5.43 Å². The zero-order valence-electron chi connectivity index (χ0n) is 9.19. The van der Waals surface area contributed by atoms with Crippen LogP contribution in [-0.4, -0.2) is 46.9 Å². The van der Waals surface area contributed by atoms with Crippen molar-refractivity contribution in [2.45, 2.75) is 6.10 Å². The first-order valence-corrected chi connectivity index (χ1v) is 6.48. The molecule has 1 amide bonds. The van der Waals surface area contributed by atoms with Gasteiger partial charge in [0.1, 0.15) is 5.56 Å². The highest BCUT2D eigenvalue weighted by Crippen LogP contribution is 2.09. The second-order valence-corrected chi connectivity index (χ2v) is 4.47. The molecule has 1 aliphatic heterocycles. The lowest BCUT2D eigenvalue weighted by molar-refractivity contribution is -0.00971. The number of halogens is 1. The molecule has 0 saturated carbocycles. The maximum Gasteiger partial charge on any atom is 0.259 e. The second-order valence-electron chi connectivity index (χ2n) is 3.82. The van der Waals surface area contributed by atoms with E-state index in [2.05, 4.69) is 20.9 Å². The molecule has 1 aromatic heterocycles. The van der Waals surface area contributed by atoms with Crippen LogP contribution in [0.1, 0.15) is 10.4 Å². The van der Waals surface area contributed by atoms with Crippen molar-refractivity contribution in [2.24, 2.45) is 0 Å². The van der Waals surface area contributed by atoms with E-state index >= 15 is 0 Å². The molecule has 0 radical (unpaired) electrons. The van der Waals surface area contributed by atoms with Crippen molar-refractivity contribution in [3.8, 4) is 0 Å². The first-order chi connectivity index (χ1) is 8.22. The maximum absolute atomic E-state index is 12.1. The number of morpholine rings is 1. The van der Waals surface area contributed by atoms with Gasteiger partial charge in [-0.05, 0) is 0 Å². The highest BCUT2D eigenvalue weighted by atomic mass is 79.9. The zero-order chi connectivity index (χ0) is 12.3. The number of carbonyl (C=O) groups is 1. The zero-order valence-corrected chi connectivity index (χ0v) is 10.8. The molecule has 2 heterocycles. The number of H-pyrrole nitrogens is 1. The number of amides is 1. The normalized spacial score (nSPS) is 20.3. The van der Waals surface area contributed by atoms with Gasteiger partial charge in [0.05, 0.1) is 12.7 Å². The van der Waals surface area contributed by atoms with Crippen molar-refractivity contribution in [1.29, 1.82) is 0 Å². The SMILES string of the molecule is O=C(c1c[nH]ccc1=O)N1CCOC(CBr)C1. The van der Waals surface area contributed by atoms with Crippen LogP contribution < -0.4 is 5.43 Å². The van der Waals surface area contributed by atoms with Crippen LogP contribution >= 0.6 is 15.9 Å². The molecule has 1 aromatic rings. The fraction of sp³-hybridized carbons (Fsp3) is 0.455. The Morgan fingerprint density at radius 3 is 3.18 bits per heavy atom. The van der Waals surface area contributed by atoms with Gasteiger partial charge in [0.2, 0.25) is 0 Å². The fourth-order valence-corrected chi connectivity index (χ4v) is 2.14. The van der Waals surface area contributed by atoms with Gasteiger partial charge in [0.25, 0.3) is 5.91 Å². The topological polar surface area (TPSA) is 62.4 Å². The van der Waals surface area contributed by atoms with Crippen molar-refractivity contribution in [2.75, 3.05) is 25.0 Å². The lowest BCUT2D eigenvalue weighted by Gasteiger charge is -2.31. The summed E-state index contributed by atoms with van der Waals surface area (Å²) in [6.07, 6.45) is 2.96. The van der Waals surface area contributed by atoms with Crippen LogP contribution in [0.4, 0.5) is 0 Å². The molecule has 0 spiro atoms. The van der Waals surface area contributed by atoms with E-state index in [1.54, 1.807) is 4.90 Å². The van der Waals surface area contributed by atoms with Crippen LogP contribution in [0.2, 0.25) is 0 Å². The van der Waals surface area contributed by atoms with Crippen molar-refractivity contribution in [3.63, 3.8) is 0 Å². The highest BCUT2D eigenvalue weighted by Gasteiger charge is 2.25. The summed E-state index contributed by atoms with van der Waals surface area (Å²) < 4.78 is 5.45. The number of nitrogens with one attached hydrogen (secondary N) is 1. The average molecular weight is 301 g/mol. The highest BCUT2D eigenvalue weighted by molar-refractivity contribution is 9.09. The molecule has 1 N–H and O–H groups in total. The Morgan fingerprint density at radius 2 is 2.47 bits per heavy atom. The molecule has 92 valence electrons. The van der Waals surface area contributed by atoms with E-state index in [1.807, 2.05) is 0 Å². The smallest absolute Gasteiger partial charge is 0.259 e. The van der Waals surface area contributed by atoms with E-state index in [-0.39, 0.29) is 23.0 Å². The number of aromatic nitrogens is 1. The fourth-order valence-electron chi connectivity index (χ4n) is 1.75. The number of aromatic amines is 1. The number of rotatable bonds is 2. The third-order valence-corrected chi connectivity index (χ3v) is 3.37. The Morgan fingerprint density at radius 1 is 1.65 bits per heavy atom. The molecule has 5 nitrogen and oxygen atoms in total. The van der Waals surface area contributed by atoms with Crippen LogP contribution in [-0.2, 0) is 4.74 Å². The number of hydrogen-bond acceptors (Lipinski definition) is 3. The van der Waals surface area contributed by atoms with Crippen molar-refractivity contribution in [1.82, 2.24) is 9.88 Å². The maximum atomic E-state index is 12.1. The number of carbonyl (C=O) groups excluding carboxylic acids is 1. The van der Waals surface area contributed by atoms with E-state index in [4.69, 9.17) is 4.74 Å². The number of hydrogen-bond donors (Lipinski definition) is 1. The summed E-state index contributed by atoms with van der Waals surface area (Å²) in [5.74, 6) is -0.235. The molecule has 17 heavy (non-hydrogen) atoms. The average Bonchev–Trinajstić information content (AvgIpc) is 2.38. The summed E-state index contributed by atoms with van der Waals surface area (Å²) >= 11 is 3.33. The van der Waals surface area contributed by atoms with Crippen LogP contribution in [0.5, 0.6) is 0 Å². The van der Waals surface area contributed by atoms with Crippen molar-refractivity contribution in [3.05, 3.63) is 34.2 Å². The van der Waals surface area contributed by atoms with Crippen LogP contribution in [0, 0.1) is 0 Å². The quantitative estimate of drug-likeness (QED) is 0.814. The summed E-state index contributed by atoms with van der Waals surface area (Å²) in [5, 5.41) is 0.682. The van der Waals surface area contributed by atoms with Crippen molar-refractivity contribution >= 4 is 21.8 Å². The Kier molecular flexibility index (Phi) is 3.96. The van der Waals surface area contributed by atoms with Gasteiger partial charge in [-0.15, -0.1) is 0 Å². The predicted molar refractivity (Wildman–Crippen MR) is 66.5 cm³/mol. The Bertz CT molecular complexity index is 460. The largest absolute Gasteiger partial charge is 0.374 e. The van der Waals surface area contributed by atoms with Gasteiger partial charge in [0, 0.05) is 36.9 Å². The second kappa shape index (κ2) is 5.46. The van der Waals surface area contributed by atoms with E-state index in [1.165, 1.54) is 18.5 Å². The van der Waals surface area contributed by atoms with E-state index < -0.39 is 0 Å². The summed E-state index contributed by atoms with van der Waals surface area (Å²) in [6.45, 7) is 1.54. The van der Waals surface area contributed by atoms with Crippen LogP contribution in [0.3, 0.4) is 0 Å². The monoisotopic (exact) mass is 300 g/mol. The van der Waals surface area contributed by atoms with Crippen molar-refractivity contribution < 1.29 is 9.53 Å². The third kappa shape index (κ3) is 2.76. The molecule has 2 rings (SSSR count). The first-order valence-electron chi connectivity index (χ1n) is 5.36. The molecular formula is C11H13BrN2O3. The molecule has 1 fully saturated rings. The van der Waals surface area contributed by atoms with Gasteiger partial charge in [-0.2, -0.15) is 0 Å². The molecule has 0 aromatic carbocycles. The minimum Gasteiger partial charge on any atom is -0.374 e. The number of ether oxygens (including phenoxy) is 1. The minimum absolute atomic E-state index is 0.00417. The van der Waals surface area contributed by atoms with Crippen LogP contribution in [0.15, 0.2) is 23.3 Å². The van der Waals surface area contributed by atoms with E-state index in [0.29, 0.717) is 25.0 Å². The lowest BCUT2D eigenvalue weighted by Crippen LogP contribution is -2.47. The van der Waals surface area contributed by atoms with Gasteiger partial charge in [-0.1, -0.05) is 15.9 Å². The van der Waals surface area contributed by atoms with Gasteiger partial charge in [-0.25, -0.2) is 0 Å². The number of pyridine rings is 1. The Balaban J connectivity index is 2.15. The number of alkyl halides is 1. The summed E-state index contributed by atoms with van der Waals surface area (Å²) in [4.78, 5) is 28.1. The molecule has 1 atom stereocenters. The van der Waals surface area contributed by atoms with E-state index in [9.17, 15) is 9.59 Å². The molecule has 0 bridgehead atoms. The minimum atomic E-state index is -0.254. The van der Waals surface area contributed by atoms with Gasteiger partial charge >= 0.3 is 0 Å². The molecule has 6 heteroatoms. The third-order valence-electron chi connectivity index (χ3n) is 2.65.